The Balaban J connectivity index is 2.12. The van der Waals surface area contributed by atoms with Crippen LogP contribution in [0, 0.1) is 0 Å². The van der Waals surface area contributed by atoms with Crippen molar-refractivity contribution in [2.45, 2.75) is 12.5 Å². The molecule has 0 saturated heterocycles. The summed E-state index contributed by atoms with van der Waals surface area (Å²) in [4.78, 5) is 30.5. The smallest absolute Gasteiger partial charge is 0.331 e. The quantitative estimate of drug-likeness (QED) is 0.894. The molecule has 2 aromatic heterocycles. The van der Waals surface area contributed by atoms with E-state index >= 15 is 0 Å². The number of hydrogen-bond acceptors (Lipinski definition) is 5. The summed E-state index contributed by atoms with van der Waals surface area (Å²) in [6, 6.07) is 0.978. The second kappa shape index (κ2) is 4.75. The highest BCUT2D eigenvalue weighted by atomic mass is 32.1. The number of carboxylic acid groups (broad SMARTS) is 1. The summed E-state index contributed by atoms with van der Waals surface area (Å²) in [5.41, 5.74) is 0.485. The molecule has 1 N–H and O–H groups in total. The molecule has 1 atom stereocenters. The molecule has 0 amide bonds. The summed E-state index contributed by atoms with van der Waals surface area (Å²) in [6.45, 7) is 0.483. The van der Waals surface area contributed by atoms with Gasteiger partial charge >= 0.3 is 5.97 Å². The van der Waals surface area contributed by atoms with Gasteiger partial charge in [-0.1, -0.05) is 0 Å². The van der Waals surface area contributed by atoms with Crippen molar-refractivity contribution in [1.29, 1.82) is 0 Å². The van der Waals surface area contributed by atoms with Gasteiger partial charge in [0, 0.05) is 30.9 Å². The predicted octanol–water partition coefficient (Wildman–Crippen LogP) is 1.03. The molecule has 3 rings (SSSR count). The van der Waals surface area contributed by atoms with Crippen molar-refractivity contribution < 1.29 is 9.90 Å². The molecule has 0 saturated carbocycles. The standard InChI is InChI=1S/C13H13N3O3S/c1-15-6-4-14-11(12(15)17)16-5-2-9-8(3-7-20-9)10(16)13(18)19/h3-4,6-7,10H,2,5H2,1H3,(H,18,19). The molecule has 1 unspecified atom stereocenters. The van der Waals surface area contributed by atoms with Crippen molar-refractivity contribution in [3.63, 3.8) is 0 Å². The molecule has 0 spiro atoms. The van der Waals surface area contributed by atoms with Crippen LogP contribution in [0.25, 0.3) is 0 Å². The number of anilines is 1. The lowest BCUT2D eigenvalue weighted by molar-refractivity contribution is -0.138. The molecule has 6 nitrogen and oxygen atoms in total. The Morgan fingerprint density at radius 3 is 3.10 bits per heavy atom. The highest BCUT2D eigenvalue weighted by molar-refractivity contribution is 7.10. The third kappa shape index (κ3) is 1.90. The molecule has 0 aromatic carbocycles. The number of aryl methyl sites for hydroxylation is 1. The van der Waals surface area contributed by atoms with E-state index in [1.807, 2.05) is 11.4 Å². The molecule has 0 fully saturated rings. The molecular formula is C13H13N3O3S. The number of thiophene rings is 1. The van der Waals surface area contributed by atoms with Crippen LogP contribution in [0.4, 0.5) is 5.82 Å². The lowest BCUT2D eigenvalue weighted by Gasteiger charge is -2.33. The Morgan fingerprint density at radius 1 is 1.55 bits per heavy atom. The number of nitrogens with zero attached hydrogens (tertiary/aromatic N) is 3. The third-order valence-corrected chi connectivity index (χ3v) is 4.47. The van der Waals surface area contributed by atoms with Gasteiger partial charge < -0.3 is 14.6 Å². The van der Waals surface area contributed by atoms with Crippen molar-refractivity contribution in [3.05, 3.63) is 44.6 Å². The molecule has 0 bridgehead atoms. The highest BCUT2D eigenvalue weighted by Crippen LogP contribution is 2.34. The molecule has 0 aliphatic carbocycles. The Labute approximate surface area is 118 Å². The van der Waals surface area contributed by atoms with E-state index in [4.69, 9.17) is 0 Å². The first-order valence-corrected chi connectivity index (χ1v) is 7.05. The summed E-state index contributed by atoms with van der Waals surface area (Å²) in [6.07, 6.45) is 3.80. The van der Waals surface area contributed by atoms with Crippen LogP contribution in [-0.4, -0.2) is 27.2 Å². The molecular weight excluding hydrogens is 278 g/mol. The van der Waals surface area contributed by atoms with E-state index in [0.717, 1.165) is 16.9 Å². The van der Waals surface area contributed by atoms with Gasteiger partial charge in [0.1, 0.15) is 0 Å². The maximum absolute atomic E-state index is 12.2. The minimum Gasteiger partial charge on any atom is -0.479 e. The molecule has 1 aliphatic heterocycles. The lowest BCUT2D eigenvalue weighted by Crippen LogP contribution is -2.43. The van der Waals surface area contributed by atoms with Gasteiger partial charge in [-0.05, 0) is 23.4 Å². The number of fused-ring (bicyclic) bond motifs is 1. The Bertz CT molecular complexity index is 722. The second-order valence-electron chi connectivity index (χ2n) is 4.65. The van der Waals surface area contributed by atoms with Crippen LogP contribution in [0.1, 0.15) is 16.5 Å². The SMILES string of the molecule is Cn1ccnc(N2CCc3sccc3C2C(=O)O)c1=O. The minimum absolute atomic E-state index is 0.194. The maximum atomic E-state index is 12.2. The summed E-state index contributed by atoms with van der Waals surface area (Å²) >= 11 is 1.56. The molecule has 2 aromatic rings. The van der Waals surface area contributed by atoms with Gasteiger partial charge in [0.25, 0.3) is 5.56 Å². The highest BCUT2D eigenvalue weighted by Gasteiger charge is 2.35. The number of hydrogen-bond donors (Lipinski definition) is 1. The molecule has 7 heteroatoms. The van der Waals surface area contributed by atoms with E-state index in [2.05, 4.69) is 4.98 Å². The first-order chi connectivity index (χ1) is 9.59. The third-order valence-electron chi connectivity index (χ3n) is 3.47. The van der Waals surface area contributed by atoms with Gasteiger partial charge in [-0.25, -0.2) is 9.78 Å². The topological polar surface area (TPSA) is 75.4 Å². The van der Waals surface area contributed by atoms with Gasteiger partial charge in [0.2, 0.25) is 0 Å². The number of carbonyl (C=O) groups is 1. The monoisotopic (exact) mass is 291 g/mol. The van der Waals surface area contributed by atoms with E-state index in [1.165, 1.54) is 10.8 Å². The van der Waals surface area contributed by atoms with E-state index in [1.54, 1.807) is 29.5 Å². The second-order valence-corrected chi connectivity index (χ2v) is 5.65. The first kappa shape index (κ1) is 12.9. The van der Waals surface area contributed by atoms with Crippen LogP contribution in [0.2, 0.25) is 0 Å². The normalized spacial score (nSPS) is 17.9. The van der Waals surface area contributed by atoms with Crippen molar-refractivity contribution in [2.75, 3.05) is 11.4 Å². The molecule has 20 heavy (non-hydrogen) atoms. The molecule has 1 aliphatic rings. The number of carboxylic acids is 1. The summed E-state index contributed by atoms with van der Waals surface area (Å²) < 4.78 is 1.41. The Morgan fingerprint density at radius 2 is 2.35 bits per heavy atom. The lowest BCUT2D eigenvalue weighted by atomic mass is 10.00. The van der Waals surface area contributed by atoms with E-state index in [9.17, 15) is 14.7 Å². The zero-order valence-corrected chi connectivity index (χ0v) is 11.6. The average molecular weight is 291 g/mol. The van der Waals surface area contributed by atoms with Gasteiger partial charge in [-0.15, -0.1) is 11.3 Å². The van der Waals surface area contributed by atoms with Gasteiger partial charge in [-0.3, -0.25) is 4.79 Å². The van der Waals surface area contributed by atoms with Crippen molar-refractivity contribution in [1.82, 2.24) is 9.55 Å². The van der Waals surface area contributed by atoms with Crippen molar-refractivity contribution in [3.8, 4) is 0 Å². The average Bonchev–Trinajstić information content (AvgIpc) is 2.88. The Kier molecular flexibility index (Phi) is 3.06. The van der Waals surface area contributed by atoms with Crippen LogP contribution in [-0.2, 0) is 18.3 Å². The summed E-state index contributed by atoms with van der Waals surface area (Å²) in [5.74, 6) is -0.767. The fourth-order valence-electron chi connectivity index (χ4n) is 2.49. The van der Waals surface area contributed by atoms with Gasteiger partial charge in [0.05, 0.1) is 0 Å². The van der Waals surface area contributed by atoms with E-state index in [0.29, 0.717) is 6.54 Å². The fourth-order valence-corrected chi connectivity index (χ4v) is 3.40. The van der Waals surface area contributed by atoms with Crippen molar-refractivity contribution in [2.24, 2.45) is 7.05 Å². The maximum Gasteiger partial charge on any atom is 0.331 e. The van der Waals surface area contributed by atoms with Crippen LogP contribution < -0.4 is 10.5 Å². The fraction of sp³-hybridized carbons (Fsp3) is 0.308. The first-order valence-electron chi connectivity index (χ1n) is 6.17. The zero-order valence-electron chi connectivity index (χ0n) is 10.8. The summed E-state index contributed by atoms with van der Waals surface area (Å²) in [7, 11) is 1.63. The molecule has 104 valence electrons. The van der Waals surface area contributed by atoms with E-state index < -0.39 is 12.0 Å². The van der Waals surface area contributed by atoms with Crippen LogP contribution in [0.15, 0.2) is 28.6 Å². The minimum atomic E-state index is -0.961. The predicted molar refractivity (Wildman–Crippen MR) is 75.2 cm³/mol. The zero-order chi connectivity index (χ0) is 14.3. The molecule has 0 radical (unpaired) electrons. The van der Waals surface area contributed by atoms with Crippen LogP contribution in [0.5, 0.6) is 0 Å². The van der Waals surface area contributed by atoms with E-state index in [-0.39, 0.29) is 11.4 Å². The van der Waals surface area contributed by atoms with Crippen LogP contribution in [0.3, 0.4) is 0 Å². The number of aliphatic carboxylic acids is 1. The number of aromatic nitrogens is 2. The molecule has 3 heterocycles. The Hall–Kier alpha value is -2.15. The van der Waals surface area contributed by atoms with Gasteiger partial charge in [-0.2, -0.15) is 0 Å². The van der Waals surface area contributed by atoms with Gasteiger partial charge in [0.15, 0.2) is 11.9 Å². The largest absolute Gasteiger partial charge is 0.479 e. The van der Waals surface area contributed by atoms with Crippen molar-refractivity contribution >= 4 is 23.1 Å². The summed E-state index contributed by atoms with van der Waals surface area (Å²) in [5, 5.41) is 11.4. The number of rotatable bonds is 2. The van der Waals surface area contributed by atoms with Crippen LogP contribution >= 0.6 is 11.3 Å².